The van der Waals surface area contributed by atoms with Crippen LogP contribution in [0.15, 0.2) is 67.4 Å². The summed E-state index contributed by atoms with van der Waals surface area (Å²) in [5.41, 5.74) is 5.69. The molecule has 0 N–H and O–H groups in total. The minimum Gasteiger partial charge on any atom is -0.378 e. The fourth-order valence-corrected chi connectivity index (χ4v) is 4.39. The van der Waals surface area contributed by atoms with Crippen molar-refractivity contribution in [2.75, 3.05) is 31.2 Å². The van der Waals surface area contributed by atoms with E-state index in [1.54, 1.807) is 10.6 Å². The Balaban J connectivity index is 1.39. The van der Waals surface area contributed by atoms with Crippen molar-refractivity contribution >= 4 is 22.1 Å². The van der Waals surface area contributed by atoms with Crippen LogP contribution in [0.2, 0.25) is 0 Å². The molecule has 3 aromatic heterocycles. The van der Waals surface area contributed by atoms with Gasteiger partial charge in [-0.15, -0.1) is 0 Å². The van der Waals surface area contributed by atoms with Gasteiger partial charge in [0.05, 0.1) is 35.6 Å². The molecule has 0 bridgehead atoms. The lowest BCUT2D eigenvalue weighted by Gasteiger charge is -2.29. The molecule has 0 spiro atoms. The Bertz CT molecular complexity index is 1460. The van der Waals surface area contributed by atoms with Gasteiger partial charge < -0.3 is 9.64 Å². The SMILES string of the molecule is Fc1ccc(Cc2ncnn3cccc23)cc1-c1ncnc2cc(N3CCOCC3)ccc12. The zero-order valence-corrected chi connectivity index (χ0v) is 17.9. The second-order valence-electron chi connectivity index (χ2n) is 8.06. The van der Waals surface area contributed by atoms with Crippen LogP contribution in [0.1, 0.15) is 11.3 Å². The van der Waals surface area contributed by atoms with E-state index >= 15 is 0 Å². The summed E-state index contributed by atoms with van der Waals surface area (Å²) < 4.78 is 22.2. The molecule has 2 aromatic carbocycles. The minimum absolute atomic E-state index is 0.313. The Morgan fingerprint density at radius 2 is 1.85 bits per heavy atom. The second kappa shape index (κ2) is 8.22. The van der Waals surface area contributed by atoms with E-state index in [0.29, 0.717) is 30.9 Å². The third kappa shape index (κ3) is 3.68. The predicted molar refractivity (Wildman–Crippen MR) is 124 cm³/mol. The van der Waals surface area contributed by atoms with Gasteiger partial charge in [0.2, 0.25) is 0 Å². The average molecular weight is 440 g/mol. The van der Waals surface area contributed by atoms with E-state index < -0.39 is 0 Å². The van der Waals surface area contributed by atoms with Crippen molar-refractivity contribution in [1.82, 2.24) is 24.6 Å². The highest BCUT2D eigenvalue weighted by Gasteiger charge is 2.16. The van der Waals surface area contributed by atoms with Gasteiger partial charge in [-0.1, -0.05) is 6.07 Å². The Morgan fingerprint density at radius 3 is 2.76 bits per heavy atom. The first-order valence-corrected chi connectivity index (χ1v) is 10.9. The molecular weight excluding hydrogens is 419 g/mol. The minimum atomic E-state index is -0.313. The van der Waals surface area contributed by atoms with Gasteiger partial charge in [0, 0.05) is 42.3 Å². The number of aromatic nitrogens is 5. The van der Waals surface area contributed by atoms with E-state index in [0.717, 1.165) is 46.5 Å². The number of benzene rings is 2. The van der Waals surface area contributed by atoms with E-state index in [4.69, 9.17) is 4.74 Å². The molecule has 0 radical (unpaired) electrons. The van der Waals surface area contributed by atoms with E-state index in [1.165, 1.54) is 18.7 Å². The zero-order valence-electron chi connectivity index (χ0n) is 17.9. The summed E-state index contributed by atoms with van der Waals surface area (Å²) in [6, 6.07) is 15.1. The van der Waals surface area contributed by atoms with Gasteiger partial charge in [-0.3, -0.25) is 0 Å². The average Bonchev–Trinajstić information content (AvgIpc) is 3.35. The van der Waals surface area contributed by atoms with Crippen LogP contribution in [0.3, 0.4) is 0 Å². The molecule has 7 nitrogen and oxygen atoms in total. The summed E-state index contributed by atoms with van der Waals surface area (Å²) in [4.78, 5) is 15.6. The van der Waals surface area contributed by atoms with Crippen LogP contribution in [-0.2, 0) is 11.2 Å². The molecule has 8 heteroatoms. The number of rotatable bonds is 4. The number of ether oxygens (including phenoxy) is 1. The van der Waals surface area contributed by atoms with Crippen LogP contribution in [0.5, 0.6) is 0 Å². The Hall–Kier alpha value is -3.91. The third-order valence-electron chi connectivity index (χ3n) is 6.07. The van der Waals surface area contributed by atoms with Crippen LogP contribution in [0.4, 0.5) is 10.1 Å². The molecule has 5 aromatic rings. The van der Waals surface area contributed by atoms with Crippen molar-refractivity contribution in [1.29, 1.82) is 0 Å². The van der Waals surface area contributed by atoms with Crippen LogP contribution < -0.4 is 4.90 Å². The van der Waals surface area contributed by atoms with Gasteiger partial charge >= 0.3 is 0 Å². The molecule has 0 unspecified atom stereocenters. The molecule has 164 valence electrons. The highest BCUT2D eigenvalue weighted by molar-refractivity contribution is 5.94. The highest BCUT2D eigenvalue weighted by Crippen LogP contribution is 2.31. The summed E-state index contributed by atoms with van der Waals surface area (Å²) in [6.45, 7) is 3.12. The van der Waals surface area contributed by atoms with E-state index in [2.05, 4.69) is 25.0 Å². The van der Waals surface area contributed by atoms with Crippen LogP contribution in [0.25, 0.3) is 27.7 Å². The molecule has 1 saturated heterocycles. The lowest BCUT2D eigenvalue weighted by Crippen LogP contribution is -2.36. The third-order valence-corrected chi connectivity index (χ3v) is 6.07. The smallest absolute Gasteiger partial charge is 0.136 e. The Labute approximate surface area is 189 Å². The summed E-state index contributed by atoms with van der Waals surface area (Å²) >= 11 is 0. The molecule has 0 atom stereocenters. The molecule has 1 fully saturated rings. The number of nitrogens with zero attached hydrogens (tertiary/aromatic N) is 6. The number of hydrogen-bond acceptors (Lipinski definition) is 6. The first-order valence-electron chi connectivity index (χ1n) is 10.9. The van der Waals surface area contributed by atoms with Crippen LogP contribution >= 0.6 is 0 Å². The topological polar surface area (TPSA) is 68.4 Å². The van der Waals surface area contributed by atoms with Crippen LogP contribution in [0, 0.1) is 5.82 Å². The normalized spacial score (nSPS) is 14.3. The van der Waals surface area contributed by atoms with Gasteiger partial charge in [-0.25, -0.2) is 23.9 Å². The summed E-state index contributed by atoms with van der Waals surface area (Å²) in [6.07, 6.45) is 5.49. The van der Waals surface area contributed by atoms with Gasteiger partial charge in [0.25, 0.3) is 0 Å². The van der Waals surface area contributed by atoms with Crippen molar-refractivity contribution in [3.8, 4) is 11.3 Å². The first-order chi connectivity index (χ1) is 16.3. The van der Waals surface area contributed by atoms with Gasteiger partial charge in [-0.2, -0.15) is 5.10 Å². The predicted octanol–water partition coefficient (Wildman–Crippen LogP) is 3.91. The monoisotopic (exact) mass is 440 g/mol. The van der Waals surface area contributed by atoms with E-state index in [9.17, 15) is 4.39 Å². The summed E-state index contributed by atoms with van der Waals surface area (Å²) in [5, 5.41) is 5.04. The first kappa shape index (κ1) is 19.8. The molecule has 0 amide bonds. The molecule has 0 aliphatic carbocycles. The maximum Gasteiger partial charge on any atom is 0.136 e. The number of morpholine rings is 1. The van der Waals surface area contributed by atoms with Crippen LogP contribution in [-0.4, -0.2) is 50.9 Å². The van der Waals surface area contributed by atoms with Gasteiger partial charge in [0.15, 0.2) is 0 Å². The Kier molecular flexibility index (Phi) is 4.92. The maximum absolute atomic E-state index is 15.0. The fraction of sp³-hybridized carbons (Fsp3) is 0.200. The lowest BCUT2D eigenvalue weighted by atomic mass is 10.0. The second-order valence-corrected chi connectivity index (χ2v) is 8.06. The lowest BCUT2D eigenvalue weighted by molar-refractivity contribution is 0.122. The molecule has 4 heterocycles. The van der Waals surface area contributed by atoms with Crippen molar-refractivity contribution < 1.29 is 9.13 Å². The molecule has 1 aliphatic rings. The summed E-state index contributed by atoms with van der Waals surface area (Å²) in [5.74, 6) is -0.313. The standard InChI is InChI=1S/C25H21FN6O/c26-21-6-3-17(13-23-24-2-1-7-32(24)30-16-28-23)12-20(21)25-19-5-4-18(14-22(19)27-15-29-25)31-8-10-33-11-9-31/h1-7,12,14-16H,8-11,13H2. The highest BCUT2D eigenvalue weighted by atomic mass is 19.1. The van der Waals surface area contributed by atoms with Crippen molar-refractivity contribution in [3.05, 3.63) is 84.5 Å². The molecule has 33 heavy (non-hydrogen) atoms. The fourth-order valence-electron chi connectivity index (χ4n) is 4.39. The largest absolute Gasteiger partial charge is 0.378 e. The number of anilines is 1. The zero-order chi connectivity index (χ0) is 22.2. The number of halogens is 1. The van der Waals surface area contributed by atoms with E-state index in [-0.39, 0.29) is 5.82 Å². The summed E-state index contributed by atoms with van der Waals surface area (Å²) in [7, 11) is 0. The maximum atomic E-state index is 15.0. The van der Waals surface area contributed by atoms with Crippen molar-refractivity contribution in [3.63, 3.8) is 0 Å². The number of hydrogen-bond donors (Lipinski definition) is 0. The number of fused-ring (bicyclic) bond motifs is 2. The quantitative estimate of drug-likeness (QED) is 0.422. The molecule has 1 aliphatic heterocycles. The molecule has 6 rings (SSSR count). The van der Waals surface area contributed by atoms with E-state index in [1.807, 2.05) is 42.6 Å². The molecule has 0 saturated carbocycles. The molecular formula is C25H21FN6O. The van der Waals surface area contributed by atoms with Gasteiger partial charge in [0.1, 0.15) is 18.5 Å². The van der Waals surface area contributed by atoms with Crippen molar-refractivity contribution in [2.45, 2.75) is 6.42 Å². The van der Waals surface area contributed by atoms with Gasteiger partial charge in [-0.05, 0) is 48.0 Å². The Morgan fingerprint density at radius 1 is 0.939 bits per heavy atom. The van der Waals surface area contributed by atoms with Crippen molar-refractivity contribution in [2.24, 2.45) is 0 Å².